The minimum Gasteiger partial charge on any atom is -0.497 e. The van der Waals surface area contributed by atoms with Crippen LogP contribution in [0.2, 0.25) is 0 Å². The summed E-state index contributed by atoms with van der Waals surface area (Å²) in [7, 11) is 1.57. The molecule has 1 aliphatic rings. The van der Waals surface area contributed by atoms with Crippen LogP contribution in [0.25, 0.3) is 6.08 Å². The van der Waals surface area contributed by atoms with Crippen LogP contribution in [-0.4, -0.2) is 17.8 Å². The normalized spacial score (nSPS) is 15.4. The molecule has 126 valence electrons. The molecule has 0 atom stereocenters. The quantitative estimate of drug-likeness (QED) is 0.472. The van der Waals surface area contributed by atoms with E-state index in [9.17, 15) is 14.9 Å². The second-order valence-corrected chi connectivity index (χ2v) is 5.72. The van der Waals surface area contributed by atoms with Gasteiger partial charge in [0.1, 0.15) is 5.75 Å². The van der Waals surface area contributed by atoms with Crippen LogP contribution in [0.15, 0.2) is 60.2 Å². The zero-order valence-electron chi connectivity index (χ0n) is 13.8. The van der Waals surface area contributed by atoms with Gasteiger partial charge in [0.05, 0.1) is 17.6 Å². The number of nitro benzene ring substituents is 1. The molecule has 0 spiro atoms. The maximum Gasteiger partial charge on any atom is 0.276 e. The second kappa shape index (κ2) is 7.13. The number of nitrogens with zero attached hydrogens (tertiary/aromatic N) is 1. The van der Waals surface area contributed by atoms with E-state index in [1.165, 1.54) is 6.07 Å². The number of benzene rings is 2. The summed E-state index contributed by atoms with van der Waals surface area (Å²) in [6.45, 7) is 0. The maximum atomic E-state index is 12.6. The SMILES string of the molecule is COc1ccc2c(c1)C(=O)/C(=C/C=C/c1ccccc1[N+](=O)[O-])CC2. The first-order valence-electron chi connectivity index (χ1n) is 7.92. The van der Waals surface area contributed by atoms with Crippen molar-refractivity contribution >= 4 is 17.5 Å². The predicted octanol–water partition coefficient (Wildman–Crippen LogP) is 4.37. The van der Waals surface area contributed by atoms with E-state index in [0.29, 0.717) is 28.9 Å². The van der Waals surface area contributed by atoms with Gasteiger partial charge in [-0.2, -0.15) is 0 Å². The Bertz CT molecular complexity index is 896. The molecule has 0 fully saturated rings. The summed E-state index contributed by atoms with van der Waals surface area (Å²) in [5.74, 6) is 0.635. The molecule has 0 unspecified atom stereocenters. The second-order valence-electron chi connectivity index (χ2n) is 5.72. The molecule has 2 aromatic carbocycles. The molecule has 1 aliphatic carbocycles. The first kappa shape index (κ1) is 16.6. The number of nitro groups is 1. The number of carbonyl (C=O) groups is 1. The lowest BCUT2D eigenvalue weighted by Crippen LogP contribution is -2.14. The molecule has 3 rings (SSSR count). The summed E-state index contributed by atoms with van der Waals surface area (Å²) in [4.78, 5) is 23.2. The molecule has 0 N–H and O–H groups in total. The lowest BCUT2D eigenvalue weighted by atomic mass is 9.86. The number of Topliss-reactive ketones (excluding diaryl/α,β-unsaturated/α-hetero) is 1. The van der Waals surface area contributed by atoms with Crippen molar-refractivity contribution in [2.75, 3.05) is 7.11 Å². The molecule has 5 heteroatoms. The number of para-hydroxylation sites is 1. The number of hydrogen-bond donors (Lipinski definition) is 0. The average Bonchev–Trinajstić information content (AvgIpc) is 2.63. The Morgan fingerprint density at radius 2 is 1.96 bits per heavy atom. The smallest absolute Gasteiger partial charge is 0.276 e. The topological polar surface area (TPSA) is 69.4 Å². The Hall–Kier alpha value is -3.21. The van der Waals surface area contributed by atoms with Gasteiger partial charge in [0.15, 0.2) is 5.78 Å². The van der Waals surface area contributed by atoms with Gasteiger partial charge in [-0.05, 0) is 42.7 Å². The summed E-state index contributed by atoms with van der Waals surface area (Å²) in [5, 5.41) is 11.0. The number of ketones is 1. The number of fused-ring (bicyclic) bond motifs is 1. The van der Waals surface area contributed by atoms with Gasteiger partial charge < -0.3 is 4.74 Å². The highest BCUT2D eigenvalue weighted by molar-refractivity contribution is 6.11. The van der Waals surface area contributed by atoms with Crippen molar-refractivity contribution < 1.29 is 14.5 Å². The minimum atomic E-state index is -0.416. The summed E-state index contributed by atoms with van der Waals surface area (Å²) in [6.07, 6.45) is 6.53. The summed E-state index contributed by atoms with van der Waals surface area (Å²) < 4.78 is 5.19. The highest BCUT2D eigenvalue weighted by atomic mass is 16.6. The van der Waals surface area contributed by atoms with Crippen LogP contribution in [0.5, 0.6) is 5.75 Å². The van der Waals surface area contributed by atoms with Crippen LogP contribution in [0.1, 0.15) is 27.9 Å². The third-order valence-corrected chi connectivity index (χ3v) is 4.22. The first-order valence-corrected chi connectivity index (χ1v) is 7.92. The largest absolute Gasteiger partial charge is 0.497 e. The van der Waals surface area contributed by atoms with Crippen LogP contribution in [0.3, 0.4) is 0 Å². The van der Waals surface area contributed by atoms with Gasteiger partial charge in [-0.15, -0.1) is 0 Å². The van der Waals surface area contributed by atoms with Gasteiger partial charge in [0, 0.05) is 17.2 Å². The van der Waals surface area contributed by atoms with E-state index in [1.54, 1.807) is 49.6 Å². The van der Waals surface area contributed by atoms with Crippen LogP contribution < -0.4 is 4.74 Å². The van der Waals surface area contributed by atoms with Gasteiger partial charge in [0.25, 0.3) is 5.69 Å². The van der Waals surface area contributed by atoms with Gasteiger partial charge >= 0.3 is 0 Å². The van der Waals surface area contributed by atoms with E-state index in [2.05, 4.69) is 0 Å². The van der Waals surface area contributed by atoms with Gasteiger partial charge in [-0.1, -0.05) is 30.4 Å². The zero-order valence-corrected chi connectivity index (χ0v) is 13.8. The summed E-state index contributed by atoms with van der Waals surface area (Å²) >= 11 is 0. The van der Waals surface area contributed by atoms with Crippen molar-refractivity contribution in [3.8, 4) is 5.75 Å². The number of carbonyl (C=O) groups excluding carboxylic acids is 1. The Morgan fingerprint density at radius 3 is 2.72 bits per heavy atom. The number of aryl methyl sites for hydroxylation is 1. The molecular formula is C20H17NO4. The number of hydrogen-bond acceptors (Lipinski definition) is 4. The number of ether oxygens (including phenoxy) is 1. The summed E-state index contributed by atoms with van der Waals surface area (Å²) in [5.41, 5.74) is 2.93. The average molecular weight is 335 g/mol. The fourth-order valence-electron chi connectivity index (χ4n) is 2.89. The summed E-state index contributed by atoms with van der Waals surface area (Å²) in [6, 6.07) is 12.0. The van der Waals surface area contributed by atoms with Crippen LogP contribution in [-0.2, 0) is 6.42 Å². The fraction of sp³-hybridized carbons (Fsp3) is 0.150. The molecule has 2 aromatic rings. The molecule has 0 amide bonds. The monoisotopic (exact) mass is 335 g/mol. The zero-order chi connectivity index (χ0) is 17.8. The van der Waals surface area contributed by atoms with Gasteiger partial charge in [0.2, 0.25) is 0 Å². The van der Waals surface area contributed by atoms with E-state index in [1.807, 2.05) is 12.1 Å². The van der Waals surface area contributed by atoms with Crippen molar-refractivity contribution in [2.45, 2.75) is 12.8 Å². The molecule has 0 aromatic heterocycles. The molecule has 0 saturated heterocycles. The van der Waals surface area contributed by atoms with E-state index in [-0.39, 0.29) is 11.5 Å². The molecule has 5 nitrogen and oxygen atoms in total. The van der Waals surface area contributed by atoms with Crippen LogP contribution in [0, 0.1) is 10.1 Å². The molecular weight excluding hydrogens is 318 g/mol. The fourth-order valence-corrected chi connectivity index (χ4v) is 2.89. The third-order valence-electron chi connectivity index (χ3n) is 4.22. The molecule has 25 heavy (non-hydrogen) atoms. The van der Waals surface area contributed by atoms with Crippen LogP contribution in [0.4, 0.5) is 5.69 Å². The van der Waals surface area contributed by atoms with Crippen LogP contribution >= 0.6 is 0 Å². The van der Waals surface area contributed by atoms with Gasteiger partial charge in [-0.25, -0.2) is 0 Å². The molecule has 0 heterocycles. The Morgan fingerprint density at radius 1 is 1.16 bits per heavy atom. The maximum absolute atomic E-state index is 12.6. The lowest BCUT2D eigenvalue weighted by Gasteiger charge is -2.17. The van der Waals surface area contributed by atoms with Gasteiger partial charge in [-0.3, -0.25) is 14.9 Å². The lowest BCUT2D eigenvalue weighted by molar-refractivity contribution is -0.385. The molecule has 0 radical (unpaired) electrons. The van der Waals surface area contributed by atoms with Crippen molar-refractivity contribution in [1.29, 1.82) is 0 Å². The van der Waals surface area contributed by atoms with Crippen molar-refractivity contribution in [3.63, 3.8) is 0 Å². The number of methoxy groups -OCH3 is 1. The Labute approximate surface area is 145 Å². The predicted molar refractivity (Wildman–Crippen MR) is 95.9 cm³/mol. The molecule has 0 bridgehead atoms. The molecule has 0 aliphatic heterocycles. The standard InChI is InChI=1S/C20H17NO4/c1-25-17-12-11-14-9-10-16(20(22)18(14)13-17)7-4-6-15-5-2-3-8-19(15)21(23)24/h2-8,11-13H,9-10H2,1H3/b6-4+,16-7+. The minimum absolute atomic E-state index is 0.0210. The van der Waals surface area contributed by atoms with E-state index in [4.69, 9.17) is 4.74 Å². The highest BCUT2D eigenvalue weighted by Crippen LogP contribution is 2.28. The Balaban J connectivity index is 1.85. The van der Waals surface area contributed by atoms with E-state index in [0.717, 1.165) is 12.0 Å². The van der Waals surface area contributed by atoms with Crippen molar-refractivity contribution in [3.05, 3.63) is 87.0 Å². The van der Waals surface area contributed by atoms with E-state index < -0.39 is 4.92 Å². The highest BCUT2D eigenvalue weighted by Gasteiger charge is 2.21. The number of allylic oxidation sites excluding steroid dienone is 3. The molecule has 0 saturated carbocycles. The third kappa shape index (κ3) is 3.50. The van der Waals surface area contributed by atoms with E-state index >= 15 is 0 Å². The number of rotatable bonds is 4. The van der Waals surface area contributed by atoms with Crippen molar-refractivity contribution in [1.82, 2.24) is 0 Å². The Kier molecular flexibility index (Phi) is 4.75. The van der Waals surface area contributed by atoms with Crippen molar-refractivity contribution in [2.24, 2.45) is 0 Å². The first-order chi connectivity index (χ1) is 12.1.